The number of nitrogens with zero attached hydrogens (tertiary/aromatic N) is 4. The van der Waals surface area contributed by atoms with E-state index in [1.165, 1.54) is 16.5 Å². The van der Waals surface area contributed by atoms with Crippen LogP contribution in [0, 0.1) is 5.82 Å². The molecule has 0 unspecified atom stereocenters. The number of fused-ring (bicyclic) bond motifs is 1. The summed E-state index contributed by atoms with van der Waals surface area (Å²) < 4.78 is 43.3. The number of ether oxygens (including phenoxy) is 1. The van der Waals surface area contributed by atoms with Gasteiger partial charge in [0.2, 0.25) is 0 Å². The maximum Gasteiger partial charge on any atom is 0.356 e. The van der Waals surface area contributed by atoms with Crippen molar-refractivity contribution in [2.45, 2.75) is 43.9 Å². The van der Waals surface area contributed by atoms with Crippen molar-refractivity contribution in [1.29, 1.82) is 0 Å². The van der Waals surface area contributed by atoms with E-state index >= 15 is 4.39 Å². The van der Waals surface area contributed by atoms with Crippen LogP contribution in [0.5, 0.6) is 0 Å². The van der Waals surface area contributed by atoms with Crippen molar-refractivity contribution in [2.24, 2.45) is 0 Å². The molecule has 11 heteroatoms. The lowest BCUT2D eigenvalue weighted by atomic mass is 9.94. The van der Waals surface area contributed by atoms with Crippen LogP contribution in [0.1, 0.15) is 53.4 Å². The number of imidazole rings is 1. The molecule has 1 aliphatic heterocycles. The lowest BCUT2D eigenvalue weighted by Gasteiger charge is -2.36. The molecule has 198 valence electrons. The normalized spacial score (nSPS) is 17.3. The molecule has 1 aliphatic carbocycles. The van der Waals surface area contributed by atoms with E-state index in [1.54, 1.807) is 35.4 Å². The molecule has 1 saturated heterocycles. The van der Waals surface area contributed by atoms with Crippen LogP contribution >= 0.6 is 11.6 Å². The number of carboxylic acid groups (broad SMARTS) is 1. The second kappa shape index (κ2) is 9.67. The van der Waals surface area contributed by atoms with E-state index in [2.05, 4.69) is 10.1 Å². The zero-order valence-corrected chi connectivity index (χ0v) is 21.1. The minimum Gasteiger partial charge on any atom is -0.476 e. The van der Waals surface area contributed by atoms with Crippen molar-refractivity contribution < 1.29 is 27.9 Å². The molecule has 2 fully saturated rings. The molecule has 1 aromatic carbocycles. The van der Waals surface area contributed by atoms with Crippen LogP contribution in [0.3, 0.4) is 0 Å². The van der Waals surface area contributed by atoms with Gasteiger partial charge in [0.05, 0.1) is 23.8 Å². The molecular formula is C27H25ClF2N4O4. The Labute approximate surface area is 221 Å². The quantitative estimate of drug-likeness (QED) is 0.297. The molecule has 0 spiro atoms. The van der Waals surface area contributed by atoms with Gasteiger partial charge in [-0.3, -0.25) is 4.40 Å². The predicted molar refractivity (Wildman–Crippen MR) is 136 cm³/mol. The third-order valence-corrected chi connectivity index (χ3v) is 7.56. The van der Waals surface area contributed by atoms with Crippen molar-refractivity contribution in [3.8, 4) is 11.3 Å². The van der Waals surface area contributed by atoms with Crippen LogP contribution in [-0.2, 0) is 11.3 Å². The molecule has 0 amide bonds. The number of carboxylic acids is 1. The number of aromatic nitrogens is 3. The molecule has 8 nitrogen and oxygen atoms in total. The monoisotopic (exact) mass is 542 g/mol. The van der Waals surface area contributed by atoms with Gasteiger partial charge in [0.15, 0.2) is 11.5 Å². The Kier molecular flexibility index (Phi) is 6.31. The van der Waals surface area contributed by atoms with Gasteiger partial charge >= 0.3 is 5.97 Å². The standard InChI is InChI=1S/C27H25ClF2N4O4/c28-18-4-3-5-19(29)21(18)22-17(24(38-32-22)16-7-8-16)14-37-15-27(30)9-12-33(13-10-27)25-23(26(35)36)34-11-2-1-6-20(34)31-25/h1-6,11,16H,7-10,12-15H2,(H,35,36). The van der Waals surface area contributed by atoms with E-state index < -0.39 is 17.5 Å². The van der Waals surface area contributed by atoms with Crippen molar-refractivity contribution >= 4 is 29.0 Å². The molecule has 6 rings (SSSR count). The van der Waals surface area contributed by atoms with E-state index in [9.17, 15) is 14.3 Å². The number of hydrogen-bond acceptors (Lipinski definition) is 6. The van der Waals surface area contributed by atoms with E-state index in [0.717, 1.165) is 12.8 Å². The second-order valence-electron chi connectivity index (χ2n) is 9.89. The first-order valence-corrected chi connectivity index (χ1v) is 12.9. The first-order valence-electron chi connectivity index (χ1n) is 12.5. The van der Waals surface area contributed by atoms with Gasteiger partial charge in [-0.15, -0.1) is 0 Å². The summed E-state index contributed by atoms with van der Waals surface area (Å²) in [7, 11) is 0. The van der Waals surface area contributed by atoms with Crippen molar-refractivity contribution in [3.63, 3.8) is 0 Å². The van der Waals surface area contributed by atoms with Crippen LogP contribution in [0.25, 0.3) is 16.9 Å². The molecular weight excluding hydrogens is 518 g/mol. The average molecular weight is 543 g/mol. The number of hydrogen-bond donors (Lipinski definition) is 1. The summed E-state index contributed by atoms with van der Waals surface area (Å²) in [5, 5.41) is 14.1. The minimum atomic E-state index is -1.61. The van der Waals surface area contributed by atoms with Gasteiger partial charge in [-0.2, -0.15) is 0 Å². The first-order chi connectivity index (χ1) is 18.3. The maximum absolute atomic E-state index is 15.8. The Morgan fingerprint density at radius 1 is 1.21 bits per heavy atom. The van der Waals surface area contributed by atoms with Crippen LogP contribution in [0.4, 0.5) is 14.6 Å². The Bertz CT molecular complexity index is 1490. The highest BCUT2D eigenvalue weighted by atomic mass is 35.5. The Hall–Kier alpha value is -3.50. The highest BCUT2D eigenvalue weighted by Gasteiger charge is 2.38. The minimum absolute atomic E-state index is 0.0142. The van der Waals surface area contributed by atoms with Crippen LogP contribution in [0.2, 0.25) is 5.02 Å². The molecule has 0 bridgehead atoms. The predicted octanol–water partition coefficient (Wildman–Crippen LogP) is 5.88. The zero-order valence-electron chi connectivity index (χ0n) is 20.4. The molecule has 0 atom stereocenters. The largest absolute Gasteiger partial charge is 0.476 e. The second-order valence-corrected chi connectivity index (χ2v) is 10.3. The average Bonchev–Trinajstić information content (AvgIpc) is 3.54. The lowest BCUT2D eigenvalue weighted by molar-refractivity contribution is -0.00764. The van der Waals surface area contributed by atoms with Gasteiger partial charge in [-0.25, -0.2) is 18.6 Å². The van der Waals surface area contributed by atoms with Crippen LogP contribution < -0.4 is 4.90 Å². The number of anilines is 1. The summed E-state index contributed by atoms with van der Waals surface area (Å²) in [5.41, 5.74) is -0.00414. The molecule has 3 aromatic heterocycles. The molecule has 4 heterocycles. The third-order valence-electron chi connectivity index (χ3n) is 7.25. The van der Waals surface area contributed by atoms with Gasteiger partial charge in [-0.1, -0.05) is 28.9 Å². The fourth-order valence-corrected chi connectivity index (χ4v) is 5.30. The van der Waals surface area contributed by atoms with Gasteiger partial charge in [0, 0.05) is 43.6 Å². The summed E-state index contributed by atoms with van der Waals surface area (Å²) in [6, 6.07) is 9.66. The van der Waals surface area contributed by atoms with E-state index in [4.69, 9.17) is 20.9 Å². The summed E-state index contributed by atoms with van der Waals surface area (Å²) in [6.45, 7) is 0.430. The summed E-state index contributed by atoms with van der Waals surface area (Å²) >= 11 is 6.27. The van der Waals surface area contributed by atoms with Crippen LogP contribution in [-0.4, -0.2) is 51.0 Å². The SMILES string of the molecule is O=C(O)c1c(N2CCC(F)(COCc3c(-c4c(F)cccc4Cl)noc3C3CC3)CC2)nc2ccccn12. The highest BCUT2D eigenvalue weighted by Crippen LogP contribution is 2.45. The Morgan fingerprint density at radius 3 is 2.71 bits per heavy atom. The van der Waals surface area contributed by atoms with E-state index in [0.29, 0.717) is 35.9 Å². The zero-order chi connectivity index (χ0) is 26.4. The fraction of sp³-hybridized carbons (Fsp3) is 0.370. The molecule has 2 aliphatic rings. The van der Waals surface area contributed by atoms with Crippen molar-refractivity contribution in [2.75, 3.05) is 24.6 Å². The summed E-state index contributed by atoms with van der Waals surface area (Å²) in [5.74, 6) is -0.454. The topological polar surface area (TPSA) is 93.1 Å². The van der Waals surface area contributed by atoms with Gasteiger partial charge in [0.25, 0.3) is 0 Å². The fourth-order valence-electron chi connectivity index (χ4n) is 5.05. The smallest absolute Gasteiger partial charge is 0.356 e. The van der Waals surface area contributed by atoms with E-state index in [1.807, 2.05) is 0 Å². The third kappa shape index (κ3) is 4.52. The number of rotatable bonds is 8. The Balaban J connectivity index is 1.15. The lowest BCUT2D eigenvalue weighted by Crippen LogP contribution is -2.45. The molecule has 1 N–H and O–H groups in total. The number of alkyl halides is 1. The van der Waals surface area contributed by atoms with Gasteiger partial charge < -0.3 is 19.3 Å². The van der Waals surface area contributed by atoms with E-state index in [-0.39, 0.29) is 53.9 Å². The first kappa shape index (κ1) is 24.8. The molecule has 1 saturated carbocycles. The number of halogens is 3. The number of aromatic carboxylic acids is 1. The Morgan fingerprint density at radius 2 is 2.00 bits per heavy atom. The van der Waals surface area contributed by atoms with Gasteiger partial charge in [0.1, 0.15) is 28.6 Å². The number of piperidine rings is 1. The number of pyridine rings is 1. The van der Waals surface area contributed by atoms with Crippen LogP contribution in [0.15, 0.2) is 47.1 Å². The molecule has 4 aromatic rings. The maximum atomic E-state index is 15.8. The number of carbonyl (C=O) groups is 1. The molecule has 38 heavy (non-hydrogen) atoms. The van der Waals surface area contributed by atoms with Gasteiger partial charge in [-0.05, 0) is 37.1 Å². The van der Waals surface area contributed by atoms with Crippen molar-refractivity contribution in [3.05, 3.63) is 70.5 Å². The highest BCUT2D eigenvalue weighted by molar-refractivity contribution is 6.33. The van der Waals surface area contributed by atoms with Crippen molar-refractivity contribution in [1.82, 2.24) is 14.5 Å². The molecule has 0 radical (unpaired) electrons. The number of benzene rings is 1. The summed E-state index contributed by atoms with van der Waals surface area (Å²) in [4.78, 5) is 18.2. The summed E-state index contributed by atoms with van der Waals surface area (Å²) in [6.07, 6.45) is 3.82.